The quantitative estimate of drug-likeness (QED) is 0.591. The lowest BCUT2D eigenvalue weighted by atomic mass is 10.3. The molecule has 4 nitrogen and oxygen atoms in total. The fraction of sp³-hybridized carbons (Fsp3) is 0.125. The van der Waals surface area contributed by atoms with E-state index < -0.39 is 0 Å². The van der Waals surface area contributed by atoms with Crippen LogP contribution in [0.4, 0.5) is 0 Å². The Morgan fingerprint density at radius 1 is 1.25 bits per heavy atom. The highest BCUT2D eigenvalue weighted by Gasteiger charge is 2.18. The first-order valence-electron chi connectivity index (χ1n) is 3.57. The lowest BCUT2D eigenvalue weighted by Gasteiger charge is -1.93. The molecule has 0 fully saturated rings. The fourth-order valence-corrected chi connectivity index (χ4v) is 1.29. The first-order valence-corrected chi connectivity index (χ1v) is 3.57. The molecule has 4 heteroatoms. The van der Waals surface area contributed by atoms with Gasteiger partial charge in [-0.15, -0.1) is 0 Å². The largest absolute Gasteiger partial charge is 0.453 e. The summed E-state index contributed by atoms with van der Waals surface area (Å²) in [7, 11) is 0. The van der Waals surface area contributed by atoms with Crippen molar-refractivity contribution in [3.8, 4) is 11.5 Å². The van der Waals surface area contributed by atoms with Gasteiger partial charge >= 0.3 is 0 Å². The van der Waals surface area contributed by atoms with Gasteiger partial charge in [0.1, 0.15) is 0 Å². The SMILES string of the molecule is c1nc2c3c(ccc2o1)OCO3. The number of hydrogen-bond donors (Lipinski definition) is 0. The second kappa shape index (κ2) is 1.91. The van der Waals surface area contributed by atoms with Crippen molar-refractivity contribution in [3.63, 3.8) is 0 Å². The monoisotopic (exact) mass is 163 g/mol. The van der Waals surface area contributed by atoms with E-state index in [9.17, 15) is 0 Å². The zero-order chi connectivity index (χ0) is 7.97. The summed E-state index contributed by atoms with van der Waals surface area (Å²) in [4.78, 5) is 4.02. The van der Waals surface area contributed by atoms with Crippen LogP contribution in [0.25, 0.3) is 11.1 Å². The molecular formula is C8H5NO3. The number of fused-ring (bicyclic) bond motifs is 3. The third-order valence-corrected chi connectivity index (χ3v) is 1.84. The van der Waals surface area contributed by atoms with Gasteiger partial charge < -0.3 is 13.9 Å². The van der Waals surface area contributed by atoms with Gasteiger partial charge in [-0.05, 0) is 12.1 Å². The second-order valence-electron chi connectivity index (χ2n) is 2.50. The van der Waals surface area contributed by atoms with Crippen LogP contribution in [0, 0.1) is 0 Å². The smallest absolute Gasteiger partial charge is 0.231 e. The molecule has 60 valence electrons. The van der Waals surface area contributed by atoms with Gasteiger partial charge in [-0.25, -0.2) is 4.98 Å². The molecule has 0 saturated heterocycles. The van der Waals surface area contributed by atoms with Crippen molar-refractivity contribution in [1.82, 2.24) is 4.98 Å². The van der Waals surface area contributed by atoms with E-state index in [4.69, 9.17) is 13.9 Å². The molecule has 3 rings (SSSR count). The van der Waals surface area contributed by atoms with Crippen LogP contribution in [0.15, 0.2) is 22.9 Å². The van der Waals surface area contributed by atoms with Crippen molar-refractivity contribution in [2.24, 2.45) is 0 Å². The summed E-state index contributed by atoms with van der Waals surface area (Å²) in [5, 5.41) is 0. The van der Waals surface area contributed by atoms with Gasteiger partial charge in [-0.3, -0.25) is 0 Å². The Bertz CT molecular complexity index is 435. The highest BCUT2D eigenvalue weighted by molar-refractivity contribution is 5.83. The molecule has 0 aliphatic carbocycles. The molecule has 0 N–H and O–H groups in total. The van der Waals surface area contributed by atoms with Gasteiger partial charge in [-0.1, -0.05) is 0 Å². The maximum atomic E-state index is 5.23. The Hall–Kier alpha value is -1.71. The number of rotatable bonds is 0. The summed E-state index contributed by atoms with van der Waals surface area (Å²) in [6, 6.07) is 3.63. The lowest BCUT2D eigenvalue weighted by Crippen LogP contribution is -1.93. The average Bonchev–Trinajstić information content (AvgIpc) is 2.71. The topological polar surface area (TPSA) is 44.5 Å². The average molecular weight is 163 g/mol. The van der Waals surface area contributed by atoms with Crippen LogP contribution in [0.3, 0.4) is 0 Å². The Balaban J connectivity index is 2.46. The third kappa shape index (κ3) is 0.592. The maximum absolute atomic E-state index is 5.23. The van der Waals surface area contributed by atoms with Crippen LogP contribution in [0.5, 0.6) is 11.5 Å². The number of benzene rings is 1. The molecular weight excluding hydrogens is 158 g/mol. The van der Waals surface area contributed by atoms with Crippen molar-refractivity contribution >= 4 is 11.1 Å². The first kappa shape index (κ1) is 5.88. The van der Waals surface area contributed by atoms with E-state index >= 15 is 0 Å². The number of hydrogen-bond acceptors (Lipinski definition) is 4. The van der Waals surface area contributed by atoms with Gasteiger partial charge in [0.2, 0.25) is 6.79 Å². The summed E-state index contributed by atoms with van der Waals surface area (Å²) >= 11 is 0. The van der Waals surface area contributed by atoms with E-state index in [-0.39, 0.29) is 6.79 Å². The molecule has 2 aromatic rings. The molecule has 1 aromatic heterocycles. The number of aromatic nitrogens is 1. The van der Waals surface area contributed by atoms with E-state index in [2.05, 4.69) is 4.98 Å². The standard InChI is InChI=1S/C8H5NO3/c1-2-6-8(12-4-11-6)7-5(1)10-3-9-7/h1-3H,4H2. The summed E-state index contributed by atoms with van der Waals surface area (Å²) in [6.07, 6.45) is 1.40. The Morgan fingerprint density at radius 2 is 2.25 bits per heavy atom. The predicted octanol–water partition coefficient (Wildman–Crippen LogP) is 1.56. The summed E-state index contributed by atoms with van der Waals surface area (Å²) < 4.78 is 15.5. The number of ether oxygens (including phenoxy) is 2. The van der Waals surface area contributed by atoms with Crippen LogP contribution in [0.1, 0.15) is 0 Å². The van der Waals surface area contributed by atoms with E-state index in [0.29, 0.717) is 5.75 Å². The van der Waals surface area contributed by atoms with Crippen LogP contribution in [0.2, 0.25) is 0 Å². The fourth-order valence-electron chi connectivity index (χ4n) is 1.29. The van der Waals surface area contributed by atoms with E-state index in [1.807, 2.05) is 12.1 Å². The van der Waals surface area contributed by atoms with Crippen molar-refractivity contribution in [3.05, 3.63) is 18.5 Å². The van der Waals surface area contributed by atoms with Gasteiger partial charge in [0.05, 0.1) is 0 Å². The summed E-state index contributed by atoms with van der Waals surface area (Å²) in [5.74, 6) is 1.41. The minimum absolute atomic E-state index is 0.265. The van der Waals surface area contributed by atoms with Gasteiger partial charge in [-0.2, -0.15) is 0 Å². The van der Waals surface area contributed by atoms with Crippen LogP contribution in [-0.2, 0) is 0 Å². The highest BCUT2D eigenvalue weighted by Crippen LogP contribution is 2.37. The normalized spacial score (nSPS) is 14.0. The van der Waals surface area contributed by atoms with Crippen LogP contribution >= 0.6 is 0 Å². The second-order valence-corrected chi connectivity index (χ2v) is 2.50. The van der Waals surface area contributed by atoms with Gasteiger partial charge in [0.15, 0.2) is 29.0 Å². The zero-order valence-electron chi connectivity index (χ0n) is 6.11. The molecule has 0 amide bonds. The highest BCUT2D eigenvalue weighted by atomic mass is 16.7. The molecule has 0 unspecified atom stereocenters. The van der Waals surface area contributed by atoms with Crippen LogP contribution < -0.4 is 9.47 Å². The lowest BCUT2D eigenvalue weighted by molar-refractivity contribution is 0.174. The molecule has 0 bridgehead atoms. The maximum Gasteiger partial charge on any atom is 0.231 e. The number of oxazole rings is 1. The predicted molar refractivity (Wildman–Crippen MR) is 40.1 cm³/mol. The third-order valence-electron chi connectivity index (χ3n) is 1.84. The summed E-state index contributed by atoms with van der Waals surface area (Å²) in [5.41, 5.74) is 1.45. The molecule has 1 aliphatic rings. The van der Waals surface area contributed by atoms with Crippen molar-refractivity contribution in [1.29, 1.82) is 0 Å². The summed E-state index contributed by atoms with van der Waals surface area (Å²) in [6.45, 7) is 0.265. The Labute approximate surface area is 67.7 Å². The molecule has 1 aliphatic heterocycles. The van der Waals surface area contributed by atoms with Crippen molar-refractivity contribution in [2.75, 3.05) is 6.79 Å². The molecule has 0 spiro atoms. The molecule has 12 heavy (non-hydrogen) atoms. The molecule has 2 heterocycles. The minimum Gasteiger partial charge on any atom is -0.453 e. The van der Waals surface area contributed by atoms with E-state index in [1.165, 1.54) is 6.39 Å². The molecule has 0 radical (unpaired) electrons. The first-order chi connectivity index (χ1) is 5.95. The van der Waals surface area contributed by atoms with Crippen molar-refractivity contribution < 1.29 is 13.9 Å². The number of nitrogens with zero attached hydrogens (tertiary/aromatic N) is 1. The Kier molecular flexibility index (Phi) is 0.935. The molecule has 0 atom stereocenters. The zero-order valence-corrected chi connectivity index (χ0v) is 6.11. The molecule has 0 saturated carbocycles. The van der Waals surface area contributed by atoms with Crippen molar-refractivity contribution in [2.45, 2.75) is 0 Å². The van der Waals surface area contributed by atoms with E-state index in [1.54, 1.807) is 0 Å². The van der Waals surface area contributed by atoms with E-state index in [0.717, 1.165) is 16.8 Å². The van der Waals surface area contributed by atoms with Crippen LogP contribution in [-0.4, -0.2) is 11.8 Å². The van der Waals surface area contributed by atoms with Gasteiger partial charge in [0.25, 0.3) is 0 Å². The molecule has 1 aromatic carbocycles. The minimum atomic E-state index is 0.265. The van der Waals surface area contributed by atoms with Gasteiger partial charge in [0, 0.05) is 0 Å². The Morgan fingerprint density at radius 3 is 3.25 bits per heavy atom.